The van der Waals surface area contributed by atoms with Crippen LogP contribution < -0.4 is 14.8 Å². The molecule has 0 bridgehead atoms. The van der Waals surface area contributed by atoms with Crippen molar-refractivity contribution < 1.29 is 24.2 Å². The minimum atomic E-state index is -1.35. The van der Waals surface area contributed by atoms with Crippen LogP contribution in [0.2, 0.25) is 5.02 Å². The molecule has 8 heteroatoms. The number of nitrogens with zero attached hydrogens (tertiary/aromatic N) is 1. The number of halogens is 1. The largest absolute Gasteiger partial charge is 0.487 e. The van der Waals surface area contributed by atoms with E-state index in [1.807, 2.05) is 12.1 Å². The lowest BCUT2D eigenvalue weighted by Crippen LogP contribution is -2.37. The Kier molecular flexibility index (Phi) is 12.5. The number of amides is 2. The van der Waals surface area contributed by atoms with Gasteiger partial charge in [0.05, 0.1) is 5.69 Å². The molecule has 44 heavy (non-hydrogen) atoms. The molecular formula is C36H47ClN2O5. The lowest BCUT2D eigenvalue weighted by atomic mass is 9.87. The summed E-state index contributed by atoms with van der Waals surface area (Å²) in [5.74, 6) is -0.0969. The van der Waals surface area contributed by atoms with E-state index in [2.05, 4.69) is 57.3 Å². The van der Waals surface area contributed by atoms with Gasteiger partial charge in [-0.3, -0.25) is 0 Å². The first-order chi connectivity index (χ1) is 20.8. The lowest BCUT2D eigenvalue weighted by molar-refractivity contribution is -0.152. The van der Waals surface area contributed by atoms with Crippen molar-refractivity contribution in [2.75, 3.05) is 11.9 Å². The zero-order chi connectivity index (χ0) is 32.3. The summed E-state index contributed by atoms with van der Waals surface area (Å²) in [5, 5.41) is 12.9. The maximum absolute atomic E-state index is 13.6. The van der Waals surface area contributed by atoms with Gasteiger partial charge in [0.1, 0.15) is 18.1 Å². The zero-order valence-corrected chi connectivity index (χ0v) is 27.7. The second-order valence-corrected chi connectivity index (χ2v) is 13.1. The van der Waals surface area contributed by atoms with Crippen LogP contribution >= 0.6 is 11.6 Å². The number of unbranched alkanes of at least 4 members (excludes halogenated alkanes) is 4. The summed E-state index contributed by atoms with van der Waals surface area (Å²) in [4.78, 5) is 26.9. The van der Waals surface area contributed by atoms with E-state index in [-0.39, 0.29) is 11.4 Å². The van der Waals surface area contributed by atoms with Crippen LogP contribution in [0.15, 0.2) is 66.7 Å². The molecule has 0 spiro atoms. The predicted octanol–water partition coefficient (Wildman–Crippen LogP) is 9.46. The van der Waals surface area contributed by atoms with E-state index in [9.17, 15) is 14.7 Å². The molecule has 7 nitrogen and oxygen atoms in total. The summed E-state index contributed by atoms with van der Waals surface area (Å²) < 4.78 is 11.8. The van der Waals surface area contributed by atoms with Crippen LogP contribution in [0.3, 0.4) is 0 Å². The second-order valence-electron chi connectivity index (χ2n) is 12.7. The molecule has 3 aromatic carbocycles. The number of carbonyl (C=O) groups excluding carboxylic acids is 1. The topological polar surface area (TPSA) is 88.1 Å². The third kappa shape index (κ3) is 10.8. The summed E-state index contributed by atoms with van der Waals surface area (Å²) in [6.45, 7) is 13.0. The fourth-order valence-corrected chi connectivity index (χ4v) is 4.72. The first-order valence-electron chi connectivity index (χ1n) is 15.4. The number of carboxylic acids is 1. The molecule has 2 N–H and O–H groups in total. The van der Waals surface area contributed by atoms with E-state index < -0.39 is 11.6 Å². The van der Waals surface area contributed by atoms with E-state index in [4.69, 9.17) is 21.1 Å². The zero-order valence-electron chi connectivity index (χ0n) is 26.9. The third-order valence-corrected chi connectivity index (χ3v) is 7.64. The molecule has 0 atom stereocenters. The molecule has 0 saturated heterocycles. The quantitative estimate of drug-likeness (QED) is 0.165. The van der Waals surface area contributed by atoms with E-state index in [0.29, 0.717) is 41.9 Å². The average Bonchev–Trinajstić information content (AvgIpc) is 2.97. The fourth-order valence-electron chi connectivity index (χ4n) is 4.56. The van der Waals surface area contributed by atoms with Crippen LogP contribution in [0.5, 0.6) is 11.5 Å². The summed E-state index contributed by atoms with van der Waals surface area (Å²) in [7, 11) is 0. The molecule has 0 saturated carbocycles. The number of hydrogen-bond acceptors (Lipinski definition) is 4. The van der Waals surface area contributed by atoms with Crippen molar-refractivity contribution in [1.82, 2.24) is 4.90 Å². The van der Waals surface area contributed by atoms with Gasteiger partial charge < -0.3 is 24.8 Å². The Morgan fingerprint density at radius 3 is 2.11 bits per heavy atom. The predicted molar refractivity (Wildman–Crippen MR) is 178 cm³/mol. The molecular weight excluding hydrogens is 576 g/mol. The fraction of sp³-hybridized carbons (Fsp3) is 0.444. The van der Waals surface area contributed by atoms with Gasteiger partial charge in [-0.25, -0.2) is 9.59 Å². The first-order valence-corrected chi connectivity index (χ1v) is 15.8. The van der Waals surface area contributed by atoms with Crippen molar-refractivity contribution in [1.29, 1.82) is 0 Å². The number of nitrogens with one attached hydrogen (secondary N) is 1. The number of benzene rings is 3. The molecule has 3 aromatic rings. The van der Waals surface area contributed by atoms with Crippen molar-refractivity contribution in [3.05, 3.63) is 88.4 Å². The standard InChI is InChI=1S/C36H47ClN2O5/c1-7-8-9-10-11-22-39(24-26-14-19-30(20-15-26)44-36(5,6)33(40)41)34(42)38-31-21-18-29(37)23-32(31)43-25-27-12-16-28(17-13-27)35(2,3)4/h12-21,23H,7-11,22,24-25H2,1-6H3,(H,38,42)(H,40,41). The average molecular weight is 623 g/mol. The molecule has 0 aromatic heterocycles. The summed E-state index contributed by atoms with van der Waals surface area (Å²) in [6, 6.07) is 20.5. The van der Waals surface area contributed by atoms with Gasteiger partial charge in [0.2, 0.25) is 0 Å². The van der Waals surface area contributed by atoms with Crippen LogP contribution in [0.1, 0.15) is 90.3 Å². The van der Waals surface area contributed by atoms with Gasteiger partial charge in [-0.1, -0.05) is 101 Å². The third-order valence-electron chi connectivity index (χ3n) is 7.40. The van der Waals surface area contributed by atoms with Crippen LogP contribution in [0.4, 0.5) is 10.5 Å². The Balaban J connectivity index is 1.73. The smallest absolute Gasteiger partial charge is 0.347 e. The molecule has 0 heterocycles. The molecule has 3 rings (SSSR count). The lowest BCUT2D eigenvalue weighted by Gasteiger charge is -2.25. The van der Waals surface area contributed by atoms with Crippen molar-refractivity contribution >= 4 is 29.3 Å². The summed E-state index contributed by atoms with van der Waals surface area (Å²) in [6.07, 6.45) is 5.37. The van der Waals surface area contributed by atoms with E-state index >= 15 is 0 Å². The molecule has 0 radical (unpaired) electrons. The molecule has 0 aliphatic carbocycles. The Morgan fingerprint density at radius 2 is 1.50 bits per heavy atom. The van der Waals surface area contributed by atoms with Gasteiger partial charge in [0.15, 0.2) is 5.60 Å². The van der Waals surface area contributed by atoms with E-state index in [0.717, 1.165) is 36.8 Å². The van der Waals surface area contributed by atoms with Gasteiger partial charge in [-0.2, -0.15) is 0 Å². The van der Waals surface area contributed by atoms with Crippen molar-refractivity contribution in [3.8, 4) is 11.5 Å². The van der Waals surface area contributed by atoms with Crippen molar-refractivity contribution in [2.24, 2.45) is 0 Å². The Bertz CT molecular complexity index is 1360. The van der Waals surface area contributed by atoms with Gasteiger partial charge in [0, 0.05) is 24.2 Å². The number of anilines is 1. The Labute approximate surface area is 267 Å². The highest BCUT2D eigenvalue weighted by Crippen LogP contribution is 2.30. The SMILES string of the molecule is CCCCCCCN(Cc1ccc(OC(C)(C)C(=O)O)cc1)C(=O)Nc1ccc(Cl)cc1OCc1ccc(C(C)(C)C)cc1. The van der Waals surface area contributed by atoms with E-state index in [1.165, 1.54) is 25.8 Å². The van der Waals surface area contributed by atoms with Crippen LogP contribution in [0, 0.1) is 0 Å². The highest BCUT2D eigenvalue weighted by molar-refractivity contribution is 6.30. The number of ether oxygens (including phenoxy) is 2. The molecule has 2 amide bonds. The van der Waals surface area contributed by atoms with E-state index in [1.54, 1.807) is 35.2 Å². The number of aliphatic carboxylic acids is 1. The molecule has 0 aliphatic heterocycles. The monoisotopic (exact) mass is 622 g/mol. The van der Waals surface area contributed by atoms with Crippen LogP contribution in [0.25, 0.3) is 0 Å². The maximum atomic E-state index is 13.6. The molecule has 238 valence electrons. The van der Waals surface area contributed by atoms with Crippen LogP contribution in [-0.2, 0) is 23.4 Å². The van der Waals surface area contributed by atoms with Gasteiger partial charge in [-0.05, 0) is 66.6 Å². The number of carboxylic acid groups (broad SMARTS) is 1. The number of carbonyl (C=O) groups is 2. The van der Waals surface area contributed by atoms with Gasteiger partial charge in [-0.15, -0.1) is 0 Å². The normalized spacial score (nSPS) is 11.6. The molecule has 0 unspecified atom stereocenters. The number of rotatable bonds is 15. The summed E-state index contributed by atoms with van der Waals surface area (Å²) in [5.41, 5.74) is 2.43. The Morgan fingerprint density at radius 1 is 0.864 bits per heavy atom. The molecule has 0 fully saturated rings. The highest BCUT2D eigenvalue weighted by atomic mass is 35.5. The van der Waals surface area contributed by atoms with Crippen LogP contribution in [-0.4, -0.2) is 34.2 Å². The minimum absolute atomic E-state index is 0.0682. The minimum Gasteiger partial charge on any atom is -0.487 e. The summed E-state index contributed by atoms with van der Waals surface area (Å²) >= 11 is 6.31. The van der Waals surface area contributed by atoms with Gasteiger partial charge in [0.25, 0.3) is 0 Å². The first kappa shape index (κ1) is 34.8. The van der Waals surface area contributed by atoms with Crippen molar-refractivity contribution in [2.45, 2.75) is 97.8 Å². The number of hydrogen-bond donors (Lipinski definition) is 2. The van der Waals surface area contributed by atoms with Crippen molar-refractivity contribution in [3.63, 3.8) is 0 Å². The number of urea groups is 1. The second kappa shape index (κ2) is 15.8. The maximum Gasteiger partial charge on any atom is 0.347 e. The Hall–Kier alpha value is -3.71. The van der Waals surface area contributed by atoms with Gasteiger partial charge >= 0.3 is 12.0 Å². The highest BCUT2D eigenvalue weighted by Gasteiger charge is 2.29. The molecule has 0 aliphatic rings.